The van der Waals surface area contributed by atoms with Crippen molar-refractivity contribution >= 4 is 34.1 Å². The number of ether oxygens (including phenoxy) is 4. The molecule has 0 aromatic heterocycles. The van der Waals surface area contributed by atoms with Crippen molar-refractivity contribution in [3.63, 3.8) is 0 Å². The summed E-state index contributed by atoms with van der Waals surface area (Å²) in [5, 5.41) is 61.8. The number of hydrogen-bond donors (Lipinski definition) is 6. The van der Waals surface area contributed by atoms with E-state index in [1.807, 2.05) is 0 Å². The molecule has 1 saturated heterocycles. The third kappa shape index (κ3) is 10.2. The van der Waals surface area contributed by atoms with E-state index in [-0.39, 0.29) is 51.0 Å². The predicted molar refractivity (Wildman–Crippen MR) is 255 cm³/mol. The van der Waals surface area contributed by atoms with E-state index < -0.39 is 88.8 Å². The van der Waals surface area contributed by atoms with Crippen LogP contribution in [0.15, 0.2) is 48.3 Å². The Labute approximate surface area is 393 Å². The summed E-state index contributed by atoms with van der Waals surface area (Å²) in [6, 6.07) is 4.38. The minimum Gasteiger partial charge on any atom is -0.507 e. The SMILES string of the molecule is CO[C@H]1/C=C/O[C@@]2(C)Oc3c(C)c(O)c4c(O)c(c(CN5CCN(Cc6c(C)cc(C)cc6C)CC5)c(O)c4c3C2=O)NC(=O)/C(C)=C\C=C\[C@H](C)[C@H](O)[C@@H](C)[C@@H](O)[C@@H](C)[C@H](OC(C)=O)[C@@H]1C. The number of ketones is 1. The zero-order chi connectivity index (χ0) is 49.4. The summed E-state index contributed by atoms with van der Waals surface area (Å²) in [7, 11) is 1.45. The van der Waals surface area contributed by atoms with Gasteiger partial charge in [0.05, 0.1) is 41.2 Å². The number of piperazine rings is 1. The molecule has 364 valence electrons. The van der Waals surface area contributed by atoms with E-state index in [4.69, 9.17) is 18.9 Å². The van der Waals surface area contributed by atoms with Gasteiger partial charge in [-0.25, -0.2) is 0 Å². The number of methoxy groups -OCH3 is 1. The Balaban J connectivity index is 1.45. The van der Waals surface area contributed by atoms with E-state index in [1.54, 1.807) is 46.8 Å². The largest absolute Gasteiger partial charge is 0.507 e. The fourth-order valence-corrected chi connectivity index (χ4v) is 9.95. The quantitative estimate of drug-likeness (QED) is 0.0837. The van der Waals surface area contributed by atoms with E-state index in [1.165, 1.54) is 68.5 Å². The van der Waals surface area contributed by atoms with Gasteiger partial charge in [0.15, 0.2) is 5.75 Å². The lowest BCUT2D eigenvalue weighted by molar-refractivity contribution is -0.160. The second-order valence-electron chi connectivity index (χ2n) is 19.1. The van der Waals surface area contributed by atoms with Crippen LogP contribution in [0.2, 0.25) is 0 Å². The second-order valence-corrected chi connectivity index (χ2v) is 19.1. The second kappa shape index (κ2) is 20.4. The summed E-state index contributed by atoms with van der Waals surface area (Å²) >= 11 is 0. The van der Waals surface area contributed by atoms with Gasteiger partial charge in [0, 0.05) is 106 Å². The summed E-state index contributed by atoms with van der Waals surface area (Å²) in [5.74, 6) is -7.95. The minimum atomic E-state index is -2.03. The number of aliphatic hydroxyl groups is 2. The molecular formula is C52H69N3O12. The van der Waals surface area contributed by atoms with Crippen molar-refractivity contribution in [1.82, 2.24) is 9.80 Å². The fraction of sp³-hybridized carbons (Fsp3) is 0.519. The Morgan fingerprint density at radius 1 is 0.821 bits per heavy atom. The van der Waals surface area contributed by atoms with Gasteiger partial charge in [-0.05, 0) is 57.4 Å². The molecule has 9 atom stereocenters. The third-order valence-corrected chi connectivity index (χ3v) is 14.2. The number of amides is 1. The number of aliphatic hydroxyl groups excluding tert-OH is 2. The van der Waals surface area contributed by atoms with Gasteiger partial charge >= 0.3 is 11.8 Å². The summed E-state index contributed by atoms with van der Waals surface area (Å²) in [4.78, 5) is 45.6. The topological polar surface area (TPSA) is 208 Å². The minimum absolute atomic E-state index is 0.0575. The van der Waals surface area contributed by atoms with Crippen LogP contribution in [0.25, 0.3) is 10.8 Å². The molecule has 5 bridgehead atoms. The summed E-state index contributed by atoms with van der Waals surface area (Å²) < 4.78 is 23.9. The maximum Gasteiger partial charge on any atom is 0.312 e. The summed E-state index contributed by atoms with van der Waals surface area (Å²) in [6.45, 7) is 22.4. The van der Waals surface area contributed by atoms with Crippen LogP contribution in [0.4, 0.5) is 5.69 Å². The van der Waals surface area contributed by atoms with Crippen LogP contribution in [0.1, 0.15) is 92.2 Å². The predicted octanol–water partition coefficient (Wildman–Crippen LogP) is 7.00. The van der Waals surface area contributed by atoms with Crippen LogP contribution >= 0.6 is 0 Å². The first-order valence-corrected chi connectivity index (χ1v) is 23.1. The highest BCUT2D eigenvalue weighted by atomic mass is 16.7. The first-order chi connectivity index (χ1) is 31.5. The normalized spacial score (nSPS) is 29.8. The van der Waals surface area contributed by atoms with E-state index in [0.717, 1.165) is 6.54 Å². The van der Waals surface area contributed by atoms with E-state index in [2.05, 4.69) is 48.0 Å². The Morgan fingerprint density at radius 3 is 2.00 bits per heavy atom. The number of aryl methyl sites for hydroxylation is 3. The highest BCUT2D eigenvalue weighted by molar-refractivity contribution is 6.22. The molecule has 67 heavy (non-hydrogen) atoms. The molecule has 3 aromatic carbocycles. The molecule has 1 amide bonds. The standard InChI is InChI=1S/C52H69N3O12/c1-26-22-29(4)36(30(5)23-26)24-54-17-19-55(20-18-54)25-37-42-47(61)40-39(46(37)60)41-49(34(9)45(40)59)67-52(11,50(41)62)65-21-16-38(64-12)31(6)48(66-35(10)56)33(8)44(58)32(7)43(57)27(2)14-13-15-28(3)51(63)53-42/h13-16,21-23,27,31-33,38,43-44,48,57-61H,17-20,24-25H2,1-12H3,(H,53,63)/b14-13+,21-16+,28-15-/t27-,31+,32+,33+,38-,43-,44+,48+,52-/m0/s1. The first kappa shape index (κ1) is 51.0. The molecule has 3 aromatic rings. The van der Waals surface area contributed by atoms with Crippen LogP contribution in [0, 0.1) is 51.4 Å². The number of hydrogen-bond acceptors (Lipinski definition) is 14. The number of nitrogens with zero attached hydrogens (tertiary/aromatic N) is 2. The lowest BCUT2D eigenvalue weighted by Crippen LogP contribution is -2.46. The van der Waals surface area contributed by atoms with Crippen molar-refractivity contribution in [1.29, 1.82) is 0 Å². The smallest absolute Gasteiger partial charge is 0.312 e. The molecule has 4 aliphatic heterocycles. The molecule has 1 fully saturated rings. The Kier molecular flexibility index (Phi) is 15.5. The number of anilines is 1. The van der Waals surface area contributed by atoms with Crippen LogP contribution in [0.3, 0.4) is 0 Å². The number of phenols is 3. The van der Waals surface area contributed by atoms with Gasteiger partial charge in [0.2, 0.25) is 0 Å². The first-order valence-electron chi connectivity index (χ1n) is 23.1. The maximum atomic E-state index is 14.7. The molecule has 0 radical (unpaired) electrons. The van der Waals surface area contributed by atoms with Crippen molar-refractivity contribution in [2.24, 2.45) is 23.7 Å². The molecule has 15 nitrogen and oxygen atoms in total. The van der Waals surface area contributed by atoms with Gasteiger partial charge in [0.25, 0.3) is 11.7 Å². The van der Waals surface area contributed by atoms with Crippen molar-refractivity contribution in [2.75, 3.05) is 38.6 Å². The average molecular weight is 928 g/mol. The van der Waals surface area contributed by atoms with Crippen molar-refractivity contribution in [3.05, 3.63) is 87.2 Å². The number of carbonyl (C=O) groups is 3. The monoisotopic (exact) mass is 927 g/mol. The number of phenolic OH excluding ortho intramolecular Hbond substituents is 3. The number of carbonyl (C=O) groups excluding carboxylic acids is 3. The summed E-state index contributed by atoms with van der Waals surface area (Å²) in [6.07, 6.45) is 3.73. The highest BCUT2D eigenvalue weighted by Crippen LogP contribution is 2.55. The van der Waals surface area contributed by atoms with Crippen LogP contribution in [-0.2, 0) is 36.9 Å². The fourth-order valence-electron chi connectivity index (χ4n) is 9.95. The van der Waals surface area contributed by atoms with Gasteiger partial charge in [-0.2, -0.15) is 0 Å². The van der Waals surface area contributed by atoms with E-state index in [0.29, 0.717) is 26.2 Å². The molecule has 0 aliphatic carbocycles. The number of esters is 1. The zero-order valence-corrected chi connectivity index (χ0v) is 40.9. The molecule has 0 spiro atoms. The third-order valence-electron chi connectivity index (χ3n) is 14.2. The average Bonchev–Trinajstić information content (AvgIpc) is 3.54. The van der Waals surface area contributed by atoms with Crippen LogP contribution < -0.4 is 10.1 Å². The lowest BCUT2D eigenvalue weighted by Gasteiger charge is -2.38. The molecule has 0 unspecified atom stereocenters. The van der Waals surface area contributed by atoms with Crippen molar-refractivity contribution in [3.8, 4) is 23.0 Å². The summed E-state index contributed by atoms with van der Waals surface area (Å²) in [5.41, 5.74) is 5.12. The zero-order valence-electron chi connectivity index (χ0n) is 40.9. The number of allylic oxidation sites excluding steroid dienone is 2. The van der Waals surface area contributed by atoms with Gasteiger partial charge in [-0.15, -0.1) is 0 Å². The van der Waals surface area contributed by atoms with Gasteiger partial charge in [-0.1, -0.05) is 63.6 Å². The van der Waals surface area contributed by atoms with Gasteiger partial charge < -0.3 is 49.8 Å². The number of nitrogens with one attached hydrogen (secondary N) is 1. The van der Waals surface area contributed by atoms with Gasteiger partial charge in [0.1, 0.15) is 23.4 Å². The molecular weight excluding hydrogens is 859 g/mol. The van der Waals surface area contributed by atoms with Crippen molar-refractivity contribution < 1.29 is 58.9 Å². The maximum absolute atomic E-state index is 14.7. The van der Waals surface area contributed by atoms with E-state index in [9.17, 15) is 39.9 Å². The number of fused-ring (bicyclic) bond motifs is 14. The molecule has 7 rings (SSSR count). The van der Waals surface area contributed by atoms with Crippen LogP contribution in [-0.4, -0.2) is 116 Å². The highest BCUT2D eigenvalue weighted by Gasteiger charge is 2.50. The molecule has 0 saturated carbocycles. The number of Topliss-reactive ketones (excluding diaryl/α,β-unsaturated/α-hetero) is 1. The van der Waals surface area contributed by atoms with Gasteiger partial charge in [-0.3, -0.25) is 24.2 Å². The van der Waals surface area contributed by atoms with E-state index >= 15 is 0 Å². The Hall–Kier alpha value is -5.45. The van der Waals surface area contributed by atoms with Crippen LogP contribution in [0.5, 0.6) is 23.0 Å². The molecule has 15 heteroatoms. The lowest BCUT2D eigenvalue weighted by atomic mass is 9.78. The molecule has 4 heterocycles. The number of aromatic hydroxyl groups is 3. The Bertz CT molecular complexity index is 2470. The number of rotatable bonds is 6. The van der Waals surface area contributed by atoms with Crippen molar-refractivity contribution in [2.45, 2.75) is 119 Å². The Morgan fingerprint density at radius 2 is 1.42 bits per heavy atom. The molecule has 4 aliphatic rings. The molecule has 6 N–H and O–H groups in total. The number of benzene rings is 3.